The van der Waals surface area contributed by atoms with Crippen LogP contribution in [0.15, 0.2) is 188 Å². The zero-order valence-electron chi connectivity index (χ0n) is 33.2. The monoisotopic (exact) mass is 768 g/mol. The lowest BCUT2D eigenvalue weighted by Crippen LogP contribution is -2.53. The van der Waals surface area contributed by atoms with Gasteiger partial charge in [-0.15, -0.1) is 4.94 Å². The summed E-state index contributed by atoms with van der Waals surface area (Å²) < 4.78 is 2.36. The van der Waals surface area contributed by atoms with E-state index in [1.54, 1.807) is 0 Å². The number of benzene rings is 7. The summed E-state index contributed by atoms with van der Waals surface area (Å²) in [6, 6.07) is 65.8. The molecule has 1 aliphatic heterocycles. The highest BCUT2D eigenvalue weighted by molar-refractivity contribution is 7.00. The van der Waals surface area contributed by atoms with Crippen LogP contribution in [0.3, 0.4) is 0 Å². The first-order valence-electron chi connectivity index (χ1n) is 20.1. The number of nitrogens with zero attached hydrogens (tertiary/aromatic N) is 4. The number of hydrogen-bond acceptors (Lipinski definition) is 4. The number of para-hydroxylation sites is 3. The average molecular weight is 769 g/mol. The molecule has 2 aromatic heterocycles. The summed E-state index contributed by atoms with van der Waals surface area (Å²) in [7, 11) is -2.24. The molecule has 5 nitrogen and oxygen atoms in total. The van der Waals surface area contributed by atoms with Crippen molar-refractivity contribution in [2.75, 3.05) is 10.1 Å². The van der Waals surface area contributed by atoms with Crippen LogP contribution in [0.2, 0.25) is 13.1 Å². The van der Waals surface area contributed by atoms with Crippen molar-refractivity contribution < 1.29 is 4.94 Å². The molecule has 9 aromatic rings. The molecule has 0 unspecified atom stereocenters. The molecule has 10 rings (SSSR count). The first-order valence-corrected chi connectivity index (χ1v) is 23.1. The third-order valence-electron chi connectivity index (χ3n) is 11.7. The fourth-order valence-electron chi connectivity index (χ4n) is 8.63. The van der Waals surface area contributed by atoms with Gasteiger partial charge in [-0.2, -0.15) is 5.06 Å². The Morgan fingerprint density at radius 2 is 1.14 bits per heavy atom. The van der Waals surface area contributed by atoms with E-state index in [1.165, 1.54) is 49.0 Å². The summed E-state index contributed by atoms with van der Waals surface area (Å²) in [5.41, 5.74) is 12.5. The number of hydrogen-bond donors (Lipinski definition) is 0. The molecule has 7 aromatic carbocycles. The maximum atomic E-state index is 6.49. The summed E-state index contributed by atoms with van der Waals surface area (Å²) in [6.45, 7) is 9.20. The minimum atomic E-state index is -2.24. The van der Waals surface area contributed by atoms with E-state index in [4.69, 9.17) is 9.92 Å². The van der Waals surface area contributed by atoms with Gasteiger partial charge < -0.3 is 0 Å². The molecule has 6 heteroatoms. The molecular formula is C52H44N4OSi. The van der Waals surface area contributed by atoms with E-state index in [9.17, 15) is 0 Å². The minimum Gasteiger partial charge on any atom is -0.294 e. The fraction of sp³-hybridized carbons (Fsp3) is 0.0962. The smallest absolute Gasteiger partial charge is 0.138 e. The quantitative estimate of drug-likeness (QED) is 0.144. The third-order valence-corrected chi connectivity index (χ3v) is 15.2. The SMILES string of the molecule is CC(C)N1ON(c2cccc([Si](C)(C)c3ccc4c5ccccc5n(-c5cc(-c6c(-c7ccccc7)cccc6-c6ccccc6)ccn5)c4c3)c2)c2ccccc21. The molecule has 1 aliphatic rings. The number of rotatable bonds is 8. The van der Waals surface area contributed by atoms with Gasteiger partial charge in [0.2, 0.25) is 0 Å². The van der Waals surface area contributed by atoms with Crippen LogP contribution in [-0.4, -0.2) is 23.7 Å². The normalized spacial score (nSPS) is 12.8. The lowest BCUT2D eigenvalue weighted by molar-refractivity contribution is 0.113. The van der Waals surface area contributed by atoms with Gasteiger partial charge in [0.1, 0.15) is 13.9 Å². The highest BCUT2D eigenvalue weighted by Crippen LogP contribution is 2.43. The van der Waals surface area contributed by atoms with Crippen molar-refractivity contribution in [1.82, 2.24) is 9.55 Å². The molecule has 3 heterocycles. The largest absolute Gasteiger partial charge is 0.294 e. The van der Waals surface area contributed by atoms with Gasteiger partial charge in [-0.25, -0.2) is 10.0 Å². The molecule has 282 valence electrons. The van der Waals surface area contributed by atoms with Crippen LogP contribution in [-0.2, 0) is 4.94 Å². The molecule has 0 saturated carbocycles. The van der Waals surface area contributed by atoms with E-state index >= 15 is 0 Å². The van der Waals surface area contributed by atoms with Crippen LogP contribution in [0, 0.1) is 0 Å². The molecule has 0 N–H and O–H groups in total. The molecule has 0 spiro atoms. The van der Waals surface area contributed by atoms with Gasteiger partial charge in [0, 0.05) is 17.0 Å². The average Bonchev–Trinajstić information content (AvgIpc) is 3.83. The second-order valence-corrected chi connectivity index (χ2v) is 20.3. The summed E-state index contributed by atoms with van der Waals surface area (Å²) in [6.07, 6.45) is 1.97. The van der Waals surface area contributed by atoms with Crippen LogP contribution in [0.4, 0.5) is 17.1 Å². The van der Waals surface area contributed by atoms with Crippen molar-refractivity contribution in [3.8, 4) is 39.2 Å². The fourth-order valence-corrected chi connectivity index (χ4v) is 11.0. The molecule has 0 radical (unpaired) electrons. The van der Waals surface area contributed by atoms with E-state index in [2.05, 4.69) is 213 Å². The second kappa shape index (κ2) is 14.3. The van der Waals surface area contributed by atoms with Crippen LogP contribution < -0.4 is 20.5 Å². The summed E-state index contributed by atoms with van der Waals surface area (Å²) in [5.74, 6) is 0.892. The molecule has 0 saturated heterocycles. The first kappa shape index (κ1) is 35.7. The van der Waals surface area contributed by atoms with Gasteiger partial charge in [0.15, 0.2) is 0 Å². The molecule has 0 aliphatic carbocycles. The number of anilines is 3. The molecule has 58 heavy (non-hydrogen) atoms. The standard InChI is InChI=1S/C52H44N4OSi/c1-36(2)55-48-27-13-14-28-49(48)56(57-55)40-21-15-22-41(34-40)58(3,4)42-29-30-46-45-23-11-12-26-47(45)54(50(46)35-42)51-33-39(31-32-53-51)52-43(37-17-7-5-8-18-37)24-16-25-44(52)38-19-9-6-10-20-38/h5-36H,1-4H3. The minimum absolute atomic E-state index is 0.193. The number of aromatic nitrogens is 2. The first-order chi connectivity index (χ1) is 28.4. The lowest BCUT2D eigenvalue weighted by Gasteiger charge is -2.27. The van der Waals surface area contributed by atoms with Crippen molar-refractivity contribution >= 4 is 57.3 Å². The highest BCUT2D eigenvalue weighted by Gasteiger charge is 2.33. The summed E-state index contributed by atoms with van der Waals surface area (Å²) in [5, 5.41) is 9.08. The maximum Gasteiger partial charge on any atom is 0.138 e. The van der Waals surface area contributed by atoms with Gasteiger partial charge in [0.25, 0.3) is 0 Å². The van der Waals surface area contributed by atoms with E-state index in [0.29, 0.717) is 0 Å². The van der Waals surface area contributed by atoms with Crippen molar-refractivity contribution in [1.29, 1.82) is 0 Å². The van der Waals surface area contributed by atoms with E-state index in [0.717, 1.165) is 39.5 Å². The van der Waals surface area contributed by atoms with Crippen LogP contribution in [0.1, 0.15) is 13.8 Å². The number of pyridine rings is 1. The van der Waals surface area contributed by atoms with Crippen LogP contribution >= 0.6 is 0 Å². The predicted octanol–water partition coefficient (Wildman–Crippen LogP) is 12.2. The Hall–Kier alpha value is -6.73. The third kappa shape index (κ3) is 6.00. The molecule has 0 bridgehead atoms. The van der Waals surface area contributed by atoms with Crippen LogP contribution in [0.25, 0.3) is 61.0 Å². The maximum absolute atomic E-state index is 6.49. The van der Waals surface area contributed by atoms with Gasteiger partial charge >= 0.3 is 0 Å². The van der Waals surface area contributed by atoms with E-state index in [1.807, 2.05) is 16.3 Å². The number of hydroxylamine groups is 1. The Labute approximate surface area is 341 Å². The van der Waals surface area contributed by atoms with Crippen molar-refractivity contribution in [3.63, 3.8) is 0 Å². The summed E-state index contributed by atoms with van der Waals surface area (Å²) in [4.78, 5) is 11.6. The highest BCUT2D eigenvalue weighted by atomic mass is 28.3. The predicted molar refractivity (Wildman–Crippen MR) is 245 cm³/mol. The molecule has 0 atom stereocenters. The van der Waals surface area contributed by atoms with Crippen LogP contribution in [0.5, 0.6) is 0 Å². The van der Waals surface area contributed by atoms with E-state index < -0.39 is 8.07 Å². The zero-order chi connectivity index (χ0) is 39.4. The Bertz CT molecular complexity index is 2900. The molecule has 0 fully saturated rings. The Kier molecular flexibility index (Phi) is 8.81. The topological polar surface area (TPSA) is 33.5 Å². The zero-order valence-corrected chi connectivity index (χ0v) is 34.2. The van der Waals surface area contributed by atoms with Gasteiger partial charge in [-0.05, 0) is 95.8 Å². The molecular weight excluding hydrogens is 725 g/mol. The number of fused-ring (bicyclic) bond motifs is 4. The lowest BCUT2D eigenvalue weighted by atomic mass is 9.88. The van der Waals surface area contributed by atoms with E-state index in [-0.39, 0.29) is 6.04 Å². The Morgan fingerprint density at radius 1 is 0.517 bits per heavy atom. The Balaban J connectivity index is 1.11. The van der Waals surface area contributed by atoms with Crippen molar-refractivity contribution in [2.45, 2.75) is 33.0 Å². The van der Waals surface area contributed by atoms with Gasteiger partial charge in [0.05, 0.1) is 34.1 Å². The van der Waals surface area contributed by atoms with Crippen molar-refractivity contribution in [3.05, 3.63) is 188 Å². The van der Waals surface area contributed by atoms with Gasteiger partial charge in [-0.1, -0.05) is 157 Å². The Morgan fingerprint density at radius 3 is 1.86 bits per heavy atom. The second-order valence-electron chi connectivity index (χ2n) is 15.9. The molecule has 0 amide bonds. The van der Waals surface area contributed by atoms with Crippen molar-refractivity contribution in [2.24, 2.45) is 0 Å². The van der Waals surface area contributed by atoms with Gasteiger partial charge in [-0.3, -0.25) is 4.57 Å². The summed E-state index contributed by atoms with van der Waals surface area (Å²) >= 11 is 0.